The zero-order chi connectivity index (χ0) is 15.0. The molecular weight excluding hydrogens is 328 g/mol. The summed E-state index contributed by atoms with van der Waals surface area (Å²) >= 11 is 3.41. The van der Waals surface area contributed by atoms with Crippen molar-refractivity contribution in [3.05, 3.63) is 57.8 Å². The third kappa shape index (κ3) is 2.76. The second-order valence-electron chi connectivity index (χ2n) is 5.14. The molecule has 106 valence electrons. The molecule has 0 unspecified atom stereocenters. The van der Waals surface area contributed by atoms with Crippen LogP contribution in [0.15, 0.2) is 41.1 Å². The Morgan fingerprint density at radius 1 is 1.00 bits per heavy atom. The summed E-state index contributed by atoms with van der Waals surface area (Å²) in [4.78, 5) is 8.75. The van der Waals surface area contributed by atoms with E-state index in [1.165, 1.54) is 11.1 Å². The minimum absolute atomic E-state index is 0.723. The summed E-state index contributed by atoms with van der Waals surface area (Å²) in [6, 6.07) is 7.99. The molecule has 3 aromatic rings. The Labute approximate surface area is 132 Å². The van der Waals surface area contributed by atoms with E-state index < -0.39 is 0 Å². The number of hydrogen-bond acceptors (Lipinski definition) is 3. The van der Waals surface area contributed by atoms with Crippen LogP contribution < -0.4 is 4.74 Å². The fourth-order valence-corrected chi connectivity index (χ4v) is 2.61. The van der Waals surface area contributed by atoms with Gasteiger partial charge in [0.25, 0.3) is 0 Å². The monoisotopic (exact) mass is 342 g/mol. The third-order valence-electron chi connectivity index (χ3n) is 3.49. The number of ether oxygens (including phenoxy) is 1. The standard InChI is InChI=1S/C17H15BrN2O/c1-10-6-11(2)12(3)16(7-10)21-15-4-5-19-14-8-13(18)9-20-17(14)15/h4-9H,1-3H3. The average Bonchev–Trinajstić information content (AvgIpc) is 2.44. The molecule has 0 aliphatic heterocycles. The summed E-state index contributed by atoms with van der Waals surface area (Å²) in [6.45, 7) is 6.23. The lowest BCUT2D eigenvalue weighted by molar-refractivity contribution is 0.482. The van der Waals surface area contributed by atoms with Gasteiger partial charge in [0.2, 0.25) is 0 Å². The molecule has 0 aliphatic rings. The Balaban J connectivity index is 2.10. The third-order valence-corrected chi connectivity index (χ3v) is 3.92. The molecule has 2 aromatic heterocycles. The normalized spacial score (nSPS) is 10.9. The van der Waals surface area contributed by atoms with Crippen molar-refractivity contribution < 1.29 is 4.74 Å². The molecule has 0 bridgehead atoms. The summed E-state index contributed by atoms with van der Waals surface area (Å²) in [7, 11) is 0. The number of halogens is 1. The molecule has 0 N–H and O–H groups in total. The molecule has 4 heteroatoms. The van der Waals surface area contributed by atoms with Gasteiger partial charge in [0.05, 0.1) is 5.52 Å². The van der Waals surface area contributed by atoms with Crippen LogP contribution in [0.4, 0.5) is 0 Å². The van der Waals surface area contributed by atoms with E-state index in [1.807, 2.05) is 18.2 Å². The number of nitrogens with zero attached hydrogens (tertiary/aromatic N) is 2. The van der Waals surface area contributed by atoms with Gasteiger partial charge >= 0.3 is 0 Å². The molecule has 0 aliphatic carbocycles. The van der Waals surface area contributed by atoms with Crippen LogP contribution in [0.5, 0.6) is 11.5 Å². The number of aryl methyl sites for hydroxylation is 2. The van der Waals surface area contributed by atoms with Crippen LogP contribution in [0.25, 0.3) is 11.0 Å². The highest BCUT2D eigenvalue weighted by Gasteiger charge is 2.09. The number of rotatable bonds is 2. The van der Waals surface area contributed by atoms with E-state index in [0.717, 1.165) is 32.6 Å². The Morgan fingerprint density at radius 3 is 2.62 bits per heavy atom. The van der Waals surface area contributed by atoms with E-state index in [-0.39, 0.29) is 0 Å². The van der Waals surface area contributed by atoms with Crippen molar-refractivity contribution in [1.82, 2.24) is 9.97 Å². The van der Waals surface area contributed by atoms with Crippen molar-refractivity contribution in [1.29, 1.82) is 0 Å². The predicted molar refractivity (Wildman–Crippen MR) is 88.0 cm³/mol. The number of aromatic nitrogens is 2. The van der Waals surface area contributed by atoms with Crippen LogP contribution in [0, 0.1) is 20.8 Å². The summed E-state index contributed by atoms with van der Waals surface area (Å²) in [5, 5.41) is 0. The summed E-state index contributed by atoms with van der Waals surface area (Å²) < 4.78 is 7.01. The molecule has 0 saturated carbocycles. The fourth-order valence-electron chi connectivity index (χ4n) is 2.29. The molecule has 0 amide bonds. The van der Waals surface area contributed by atoms with Crippen LogP contribution in [0.3, 0.4) is 0 Å². The van der Waals surface area contributed by atoms with Crippen molar-refractivity contribution >= 4 is 27.0 Å². The van der Waals surface area contributed by atoms with E-state index in [2.05, 4.69) is 52.7 Å². The van der Waals surface area contributed by atoms with E-state index in [1.54, 1.807) is 12.4 Å². The van der Waals surface area contributed by atoms with Gasteiger partial charge < -0.3 is 4.74 Å². The first-order valence-electron chi connectivity index (χ1n) is 6.70. The fraction of sp³-hybridized carbons (Fsp3) is 0.176. The molecule has 2 heterocycles. The van der Waals surface area contributed by atoms with Crippen molar-refractivity contribution in [3.8, 4) is 11.5 Å². The second-order valence-corrected chi connectivity index (χ2v) is 6.05. The summed E-state index contributed by atoms with van der Waals surface area (Å²) in [5.41, 5.74) is 5.12. The zero-order valence-electron chi connectivity index (χ0n) is 12.1. The number of hydrogen-bond donors (Lipinski definition) is 0. The highest BCUT2D eigenvalue weighted by molar-refractivity contribution is 9.10. The lowest BCUT2D eigenvalue weighted by Crippen LogP contribution is -1.94. The van der Waals surface area contributed by atoms with Crippen molar-refractivity contribution in [3.63, 3.8) is 0 Å². The van der Waals surface area contributed by atoms with Crippen molar-refractivity contribution in [2.24, 2.45) is 0 Å². The van der Waals surface area contributed by atoms with Gasteiger partial charge in [-0.1, -0.05) is 6.07 Å². The van der Waals surface area contributed by atoms with Crippen LogP contribution in [0.1, 0.15) is 16.7 Å². The summed E-state index contributed by atoms with van der Waals surface area (Å²) in [5.74, 6) is 1.59. The number of fused-ring (bicyclic) bond motifs is 1. The Morgan fingerprint density at radius 2 is 1.81 bits per heavy atom. The maximum absolute atomic E-state index is 6.11. The largest absolute Gasteiger partial charge is 0.455 e. The van der Waals surface area contributed by atoms with E-state index >= 15 is 0 Å². The van der Waals surface area contributed by atoms with Gasteiger partial charge in [0, 0.05) is 22.9 Å². The number of benzene rings is 1. The molecule has 3 nitrogen and oxygen atoms in total. The maximum Gasteiger partial charge on any atom is 0.156 e. The molecule has 1 aromatic carbocycles. The highest BCUT2D eigenvalue weighted by Crippen LogP contribution is 2.32. The molecule has 0 fully saturated rings. The molecular formula is C17H15BrN2O. The molecule has 0 atom stereocenters. The first kappa shape index (κ1) is 14.0. The van der Waals surface area contributed by atoms with Crippen LogP contribution in [-0.2, 0) is 0 Å². The van der Waals surface area contributed by atoms with Gasteiger partial charge in [-0.15, -0.1) is 0 Å². The van der Waals surface area contributed by atoms with Gasteiger partial charge in [0.1, 0.15) is 11.3 Å². The van der Waals surface area contributed by atoms with Gasteiger partial charge in [-0.05, 0) is 65.5 Å². The molecule has 0 spiro atoms. The van der Waals surface area contributed by atoms with Crippen LogP contribution in [-0.4, -0.2) is 9.97 Å². The molecule has 21 heavy (non-hydrogen) atoms. The smallest absolute Gasteiger partial charge is 0.156 e. The van der Waals surface area contributed by atoms with E-state index in [4.69, 9.17) is 4.74 Å². The minimum Gasteiger partial charge on any atom is -0.455 e. The van der Waals surface area contributed by atoms with Gasteiger partial charge in [-0.2, -0.15) is 0 Å². The Bertz CT molecular complexity index is 830. The van der Waals surface area contributed by atoms with Crippen LogP contribution in [0.2, 0.25) is 0 Å². The Kier molecular flexibility index (Phi) is 3.64. The highest BCUT2D eigenvalue weighted by atomic mass is 79.9. The topological polar surface area (TPSA) is 35.0 Å². The minimum atomic E-state index is 0.723. The van der Waals surface area contributed by atoms with E-state index in [9.17, 15) is 0 Å². The SMILES string of the molecule is Cc1cc(C)c(C)c(Oc2ccnc3cc(Br)cnc23)c1. The first-order valence-corrected chi connectivity index (χ1v) is 7.50. The van der Waals surface area contributed by atoms with Gasteiger partial charge in [-0.25, -0.2) is 4.98 Å². The lowest BCUT2D eigenvalue weighted by Gasteiger charge is -2.13. The van der Waals surface area contributed by atoms with Gasteiger partial charge in [-0.3, -0.25) is 4.98 Å². The van der Waals surface area contributed by atoms with Crippen molar-refractivity contribution in [2.45, 2.75) is 20.8 Å². The van der Waals surface area contributed by atoms with Crippen LogP contribution >= 0.6 is 15.9 Å². The molecule has 0 saturated heterocycles. The quantitative estimate of drug-likeness (QED) is 0.649. The lowest BCUT2D eigenvalue weighted by atomic mass is 10.1. The van der Waals surface area contributed by atoms with Gasteiger partial charge in [0.15, 0.2) is 5.75 Å². The predicted octanol–water partition coefficient (Wildman–Crippen LogP) is 5.11. The number of pyridine rings is 2. The molecule has 0 radical (unpaired) electrons. The first-order chi connectivity index (χ1) is 10.0. The summed E-state index contributed by atoms with van der Waals surface area (Å²) in [6.07, 6.45) is 3.50. The zero-order valence-corrected chi connectivity index (χ0v) is 13.7. The van der Waals surface area contributed by atoms with E-state index in [0.29, 0.717) is 0 Å². The van der Waals surface area contributed by atoms with Crippen molar-refractivity contribution in [2.75, 3.05) is 0 Å². The average molecular weight is 343 g/mol. The Hall–Kier alpha value is -1.94. The molecule has 3 rings (SSSR count). The maximum atomic E-state index is 6.11. The second kappa shape index (κ2) is 5.45.